The summed E-state index contributed by atoms with van der Waals surface area (Å²) in [6.45, 7) is 0. The number of rotatable bonds is 1. The third kappa shape index (κ3) is 1.13. The molecule has 0 fully saturated rings. The van der Waals surface area contributed by atoms with Gasteiger partial charge in [-0.05, 0) is 11.4 Å². The molecule has 0 atom stereocenters. The molecule has 0 saturated carbocycles. The van der Waals surface area contributed by atoms with Crippen LogP contribution < -0.4 is 0 Å². The van der Waals surface area contributed by atoms with Crippen LogP contribution in [0.4, 0.5) is 0 Å². The van der Waals surface area contributed by atoms with Crippen LogP contribution in [0.5, 0.6) is 0 Å². The second-order valence-electron chi connectivity index (χ2n) is 2.60. The van der Waals surface area contributed by atoms with E-state index in [0.717, 1.165) is 0 Å². The van der Waals surface area contributed by atoms with Crippen molar-refractivity contribution in [3.63, 3.8) is 0 Å². The normalized spacial score (nSPS) is 9.93. The van der Waals surface area contributed by atoms with Gasteiger partial charge in [0.15, 0.2) is 5.69 Å². The Morgan fingerprint density at radius 3 is 3.07 bits per heavy atom. The molecular weight excluding hydrogens is 200 g/mol. The van der Waals surface area contributed by atoms with E-state index in [-0.39, 0.29) is 5.69 Å². The molecule has 0 radical (unpaired) electrons. The summed E-state index contributed by atoms with van der Waals surface area (Å²) in [5.41, 5.74) is 0.417. The lowest BCUT2D eigenvalue weighted by Gasteiger charge is -1.96. The summed E-state index contributed by atoms with van der Waals surface area (Å²) in [5, 5.41) is 20.0. The average Bonchev–Trinajstić information content (AvgIpc) is 2.64. The number of aromatic nitrogens is 1. The Bertz CT molecular complexity index is 553. The molecule has 0 aliphatic carbocycles. The van der Waals surface area contributed by atoms with E-state index in [1.54, 1.807) is 11.4 Å². The standard InChI is InChI=1S/C9H4N2O2S/c10-3-5-4-11-7(9(12)13)8-6(5)1-2-14-8/h1-2,4H,(H,12,13). The minimum atomic E-state index is -1.07. The van der Waals surface area contributed by atoms with Gasteiger partial charge in [0.05, 0.1) is 10.3 Å². The first kappa shape index (κ1) is 8.66. The Morgan fingerprint density at radius 2 is 2.43 bits per heavy atom. The lowest BCUT2D eigenvalue weighted by Crippen LogP contribution is -2.00. The molecule has 0 aliphatic rings. The van der Waals surface area contributed by atoms with Gasteiger partial charge < -0.3 is 5.11 Å². The van der Waals surface area contributed by atoms with Crippen molar-refractivity contribution in [1.29, 1.82) is 5.26 Å². The first-order chi connectivity index (χ1) is 6.74. The highest BCUT2D eigenvalue weighted by molar-refractivity contribution is 7.17. The Morgan fingerprint density at radius 1 is 1.64 bits per heavy atom. The van der Waals surface area contributed by atoms with Gasteiger partial charge in [0, 0.05) is 11.6 Å². The number of carboxylic acid groups (broad SMARTS) is 1. The van der Waals surface area contributed by atoms with Gasteiger partial charge in [0.25, 0.3) is 0 Å². The number of fused-ring (bicyclic) bond motifs is 1. The molecule has 0 unspecified atom stereocenters. The molecule has 0 spiro atoms. The summed E-state index contributed by atoms with van der Waals surface area (Å²) in [6.07, 6.45) is 1.29. The maximum absolute atomic E-state index is 10.8. The number of aromatic carboxylic acids is 1. The van der Waals surface area contributed by atoms with Crippen LogP contribution in [0.15, 0.2) is 17.6 Å². The smallest absolute Gasteiger partial charge is 0.355 e. The van der Waals surface area contributed by atoms with Gasteiger partial charge >= 0.3 is 5.97 Å². The molecule has 0 aliphatic heterocycles. The van der Waals surface area contributed by atoms with E-state index in [1.165, 1.54) is 17.5 Å². The zero-order valence-corrected chi connectivity index (χ0v) is 7.71. The van der Waals surface area contributed by atoms with Gasteiger partial charge in [-0.25, -0.2) is 9.78 Å². The molecule has 2 rings (SSSR count). The predicted molar refractivity (Wildman–Crippen MR) is 51.3 cm³/mol. The van der Waals surface area contributed by atoms with Gasteiger partial charge in [-0.15, -0.1) is 11.3 Å². The molecule has 14 heavy (non-hydrogen) atoms. The van der Waals surface area contributed by atoms with Crippen LogP contribution in [0.2, 0.25) is 0 Å². The van der Waals surface area contributed by atoms with Crippen molar-refractivity contribution in [2.24, 2.45) is 0 Å². The van der Waals surface area contributed by atoms with E-state index in [0.29, 0.717) is 15.6 Å². The van der Waals surface area contributed by atoms with Crippen molar-refractivity contribution in [3.05, 3.63) is 28.9 Å². The summed E-state index contributed by atoms with van der Waals surface area (Å²) in [6, 6.07) is 3.70. The largest absolute Gasteiger partial charge is 0.476 e. The van der Waals surface area contributed by atoms with Crippen molar-refractivity contribution in [1.82, 2.24) is 4.98 Å². The molecule has 5 heteroatoms. The monoisotopic (exact) mass is 204 g/mol. The molecule has 2 aromatic heterocycles. The van der Waals surface area contributed by atoms with Crippen LogP contribution in [0.1, 0.15) is 16.1 Å². The van der Waals surface area contributed by atoms with E-state index in [2.05, 4.69) is 4.98 Å². The van der Waals surface area contributed by atoms with Gasteiger partial charge in [0.1, 0.15) is 6.07 Å². The topological polar surface area (TPSA) is 74.0 Å². The van der Waals surface area contributed by atoms with Crippen LogP contribution in [-0.2, 0) is 0 Å². The van der Waals surface area contributed by atoms with E-state index in [4.69, 9.17) is 10.4 Å². The number of hydrogen-bond donors (Lipinski definition) is 1. The molecule has 0 bridgehead atoms. The zero-order chi connectivity index (χ0) is 10.1. The summed E-state index contributed by atoms with van der Waals surface area (Å²) in [5.74, 6) is -1.07. The maximum Gasteiger partial charge on any atom is 0.355 e. The maximum atomic E-state index is 10.8. The second kappa shape index (κ2) is 3.09. The van der Waals surface area contributed by atoms with E-state index in [9.17, 15) is 4.79 Å². The Hall–Kier alpha value is -1.93. The van der Waals surface area contributed by atoms with E-state index in [1.807, 2.05) is 6.07 Å². The Kier molecular flexibility index (Phi) is 1.91. The average molecular weight is 204 g/mol. The predicted octanol–water partition coefficient (Wildman–Crippen LogP) is 1.87. The second-order valence-corrected chi connectivity index (χ2v) is 3.52. The molecule has 0 saturated heterocycles. The molecule has 2 aromatic rings. The molecular formula is C9H4N2O2S. The number of pyridine rings is 1. The van der Waals surface area contributed by atoms with Crippen LogP contribution in [0.25, 0.3) is 10.1 Å². The van der Waals surface area contributed by atoms with Crippen molar-refractivity contribution in [2.45, 2.75) is 0 Å². The number of carbonyl (C=O) groups is 1. The SMILES string of the molecule is N#Cc1cnc(C(=O)O)c2sccc12. The fourth-order valence-corrected chi connectivity index (χ4v) is 2.10. The number of nitriles is 1. The first-order valence-corrected chi connectivity index (χ1v) is 4.61. The van der Waals surface area contributed by atoms with Crippen molar-refractivity contribution in [3.8, 4) is 6.07 Å². The fourth-order valence-electron chi connectivity index (χ4n) is 1.20. The third-order valence-electron chi connectivity index (χ3n) is 1.82. The van der Waals surface area contributed by atoms with Crippen molar-refractivity contribution >= 4 is 27.4 Å². The molecule has 4 nitrogen and oxygen atoms in total. The lowest BCUT2D eigenvalue weighted by molar-refractivity contribution is 0.0693. The number of nitrogens with zero attached hydrogens (tertiary/aromatic N) is 2. The fraction of sp³-hybridized carbons (Fsp3) is 0. The summed E-state index contributed by atoms with van der Waals surface area (Å²) >= 11 is 1.28. The first-order valence-electron chi connectivity index (χ1n) is 3.73. The zero-order valence-electron chi connectivity index (χ0n) is 6.89. The van der Waals surface area contributed by atoms with Crippen molar-refractivity contribution in [2.75, 3.05) is 0 Å². The molecule has 68 valence electrons. The highest BCUT2D eigenvalue weighted by atomic mass is 32.1. The van der Waals surface area contributed by atoms with Crippen LogP contribution in [-0.4, -0.2) is 16.1 Å². The Labute approximate surface area is 83.1 Å². The van der Waals surface area contributed by atoms with Gasteiger partial charge in [-0.1, -0.05) is 0 Å². The van der Waals surface area contributed by atoms with Crippen LogP contribution in [0, 0.1) is 11.3 Å². The summed E-state index contributed by atoms with van der Waals surface area (Å²) in [7, 11) is 0. The third-order valence-corrected chi connectivity index (χ3v) is 2.74. The molecule has 0 amide bonds. The Balaban J connectivity index is 2.87. The quantitative estimate of drug-likeness (QED) is 0.769. The number of thiophene rings is 1. The highest BCUT2D eigenvalue weighted by Gasteiger charge is 2.13. The molecule has 0 aromatic carbocycles. The molecule has 1 N–H and O–H groups in total. The van der Waals surface area contributed by atoms with E-state index < -0.39 is 5.97 Å². The van der Waals surface area contributed by atoms with Crippen LogP contribution >= 0.6 is 11.3 Å². The van der Waals surface area contributed by atoms with Crippen LogP contribution in [0.3, 0.4) is 0 Å². The van der Waals surface area contributed by atoms with Gasteiger partial charge in [-0.3, -0.25) is 0 Å². The van der Waals surface area contributed by atoms with Gasteiger partial charge in [-0.2, -0.15) is 5.26 Å². The van der Waals surface area contributed by atoms with Gasteiger partial charge in [0.2, 0.25) is 0 Å². The summed E-state index contributed by atoms with van der Waals surface area (Å²) in [4.78, 5) is 14.5. The highest BCUT2D eigenvalue weighted by Crippen LogP contribution is 2.25. The summed E-state index contributed by atoms with van der Waals surface area (Å²) < 4.78 is 0.552. The number of hydrogen-bond acceptors (Lipinski definition) is 4. The minimum absolute atomic E-state index is 0.00833. The number of carboxylic acids is 1. The van der Waals surface area contributed by atoms with Crippen molar-refractivity contribution < 1.29 is 9.90 Å². The minimum Gasteiger partial charge on any atom is -0.476 e. The van der Waals surface area contributed by atoms with E-state index >= 15 is 0 Å². The molecule has 2 heterocycles. The lowest BCUT2D eigenvalue weighted by atomic mass is 10.2.